The summed E-state index contributed by atoms with van der Waals surface area (Å²) in [5.74, 6) is 0.580. The van der Waals surface area contributed by atoms with E-state index in [4.69, 9.17) is 0 Å². The molecule has 0 bridgehead atoms. The van der Waals surface area contributed by atoms with E-state index >= 15 is 0 Å². The maximum atomic E-state index is 4.29. The van der Waals surface area contributed by atoms with Gasteiger partial charge in [0, 0.05) is 34.5 Å². The molecule has 1 unspecified atom stereocenters. The van der Waals surface area contributed by atoms with Crippen LogP contribution in [0.25, 0.3) is 5.69 Å². The zero-order valence-corrected chi connectivity index (χ0v) is 11.0. The van der Waals surface area contributed by atoms with Crippen molar-refractivity contribution in [3.63, 3.8) is 0 Å². The summed E-state index contributed by atoms with van der Waals surface area (Å²) in [6.45, 7) is 2.16. The third-order valence-corrected chi connectivity index (χ3v) is 3.73. The molecule has 0 aliphatic carbocycles. The van der Waals surface area contributed by atoms with Gasteiger partial charge in [0.15, 0.2) is 0 Å². The Morgan fingerprint density at radius 3 is 3.12 bits per heavy atom. The van der Waals surface area contributed by atoms with Crippen molar-refractivity contribution in [2.24, 2.45) is 0 Å². The highest BCUT2D eigenvalue weighted by Gasteiger charge is 2.20. The van der Waals surface area contributed by atoms with E-state index in [0.717, 1.165) is 17.6 Å². The summed E-state index contributed by atoms with van der Waals surface area (Å²) in [4.78, 5) is 4.29. The SMILES string of the molecule is Brc1cccc(-n2cncc2C2CCNC2)c1. The molecule has 0 saturated carbocycles. The van der Waals surface area contributed by atoms with Gasteiger partial charge in [-0.25, -0.2) is 4.98 Å². The van der Waals surface area contributed by atoms with Crippen molar-refractivity contribution in [3.05, 3.63) is 47.0 Å². The Morgan fingerprint density at radius 2 is 2.35 bits per heavy atom. The molecule has 0 radical (unpaired) electrons. The molecule has 4 heteroatoms. The van der Waals surface area contributed by atoms with Crippen LogP contribution in [0.3, 0.4) is 0 Å². The van der Waals surface area contributed by atoms with E-state index in [1.165, 1.54) is 17.8 Å². The molecular formula is C13H14BrN3. The molecule has 1 atom stereocenters. The minimum Gasteiger partial charge on any atom is -0.316 e. The highest BCUT2D eigenvalue weighted by atomic mass is 79.9. The fourth-order valence-electron chi connectivity index (χ4n) is 2.36. The van der Waals surface area contributed by atoms with E-state index < -0.39 is 0 Å². The maximum absolute atomic E-state index is 4.29. The molecule has 17 heavy (non-hydrogen) atoms. The predicted molar refractivity (Wildman–Crippen MR) is 71.5 cm³/mol. The lowest BCUT2D eigenvalue weighted by molar-refractivity contribution is 0.713. The first-order valence-electron chi connectivity index (χ1n) is 5.83. The quantitative estimate of drug-likeness (QED) is 0.922. The van der Waals surface area contributed by atoms with Crippen LogP contribution in [-0.4, -0.2) is 22.6 Å². The van der Waals surface area contributed by atoms with Crippen LogP contribution in [0.4, 0.5) is 0 Å². The molecule has 1 aromatic heterocycles. The van der Waals surface area contributed by atoms with Gasteiger partial charge in [-0.1, -0.05) is 22.0 Å². The highest BCUT2D eigenvalue weighted by molar-refractivity contribution is 9.10. The molecule has 1 aliphatic heterocycles. The van der Waals surface area contributed by atoms with Crippen LogP contribution < -0.4 is 5.32 Å². The number of hydrogen-bond donors (Lipinski definition) is 1. The molecule has 1 fully saturated rings. The Morgan fingerprint density at radius 1 is 1.41 bits per heavy atom. The van der Waals surface area contributed by atoms with Crippen LogP contribution in [0, 0.1) is 0 Å². The fraction of sp³-hybridized carbons (Fsp3) is 0.308. The van der Waals surface area contributed by atoms with Crippen LogP contribution in [0.15, 0.2) is 41.3 Å². The minimum atomic E-state index is 0.580. The molecule has 88 valence electrons. The number of nitrogens with zero attached hydrogens (tertiary/aromatic N) is 2. The van der Waals surface area contributed by atoms with E-state index in [9.17, 15) is 0 Å². The summed E-state index contributed by atoms with van der Waals surface area (Å²) in [6, 6.07) is 8.32. The number of hydrogen-bond acceptors (Lipinski definition) is 2. The Hall–Kier alpha value is -1.13. The summed E-state index contributed by atoms with van der Waals surface area (Å²) in [5, 5.41) is 3.40. The standard InChI is InChI=1S/C13H14BrN3/c14-11-2-1-3-12(6-11)17-9-16-8-13(17)10-4-5-15-7-10/h1-3,6,8-10,15H,4-5,7H2. The van der Waals surface area contributed by atoms with Crippen molar-refractivity contribution in [1.29, 1.82) is 0 Å². The van der Waals surface area contributed by atoms with E-state index in [1.807, 2.05) is 18.6 Å². The van der Waals surface area contributed by atoms with E-state index in [1.54, 1.807) is 0 Å². The van der Waals surface area contributed by atoms with Gasteiger partial charge in [-0.15, -0.1) is 0 Å². The summed E-state index contributed by atoms with van der Waals surface area (Å²) >= 11 is 3.51. The Labute approximate surface area is 109 Å². The van der Waals surface area contributed by atoms with E-state index in [0.29, 0.717) is 5.92 Å². The summed E-state index contributed by atoms with van der Waals surface area (Å²) in [5.41, 5.74) is 2.46. The number of benzene rings is 1. The molecule has 1 N–H and O–H groups in total. The molecule has 0 amide bonds. The lowest BCUT2D eigenvalue weighted by Gasteiger charge is -2.12. The van der Waals surface area contributed by atoms with Crippen molar-refractivity contribution >= 4 is 15.9 Å². The van der Waals surface area contributed by atoms with E-state index in [2.05, 4.69) is 49.0 Å². The summed E-state index contributed by atoms with van der Waals surface area (Å²) in [7, 11) is 0. The molecule has 2 aromatic rings. The predicted octanol–water partition coefficient (Wildman–Crippen LogP) is 2.71. The molecule has 2 heterocycles. The van der Waals surface area contributed by atoms with Crippen molar-refractivity contribution in [2.45, 2.75) is 12.3 Å². The first-order valence-corrected chi connectivity index (χ1v) is 6.63. The van der Waals surface area contributed by atoms with Gasteiger partial charge in [-0.3, -0.25) is 0 Å². The van der Waals surface area contributed by atoms with Crippen molar-refractivity contribution in [2.75, 3.05) is 13.1 Å². The smallest absolute Gasteiger partial charge is 0.0994 e. The Balaban J connectivity index is 2.00. The number of nitrogens with one attached hydrogen (secondary N) is 1. The number of imidazole rings is 1. The zero-order chi connectivity index (χ0) is 11.7. The molecular weight excluding hydrogens is 278 g/mol. The van der Waals surface area contributed by atoms with E-state index in [-0.39, 0.29) is 0 Å². The third-order valence-electron chi connectivity index (χ3n) is 3.23. The fourth-order valence-corrected chi connectivity index (χ4v) is 2.74. The van der Waals surface area contributed by atoms with Gasteiger partial charge in [0.1, 0.15) is 0 Å². The second kappa shape index (κ2) is 4.63. The second-order valence-corrected chi connectivity index (χ2v) is 5.27. The van der Waals surface area contributed by atoms with Gasteiger partial charge < -0.3 is 9.88 Å². The normalized spacial score (nSPS) is 19.7. The highest BCUT2D eigenvalue weighted by Crippen LogP contribution is 2.25. The molecule has 1 aromatic carbocycles. The van der Waals surface area contributed by atoms with Crippen molar-refractivity contribution < 1.29 is 0 Å². The van der Waals surface area contributed by atoms with Crippen molar-refractivity contribution in [3.8, 4) is 5.69 Å². The third kappa shape index (κ3) is 2.15. The molecule has 0 spiro atoms. The van der Waals surface area contributed by atoms with Gasteiger partial charge in [0.25, 0.3) is 0 Å². The molecule has 1 saturated heterocycles. The van der Waals surface area contributed by atoms with Gasteiger partial charge in [0.2, 0.25) is 0 Å². The first kappa shape index (κ1) is 11.0. The number of halogens is 1. The van der Waals surface area contributed by atoms with Gasteiger partial charge >= 0.3 is 0 Å². The Kier molecular flexibility index (Phi) is 2.99. The number of aromatic nitrogens is 2. The average molecular weight is 292 g/mol. The average Bonchev–Trinajstić information content (AvgIpc) is 3.00. The zero-order valence-electron chi connectivity index (χ0n) is 9.44. The van der Waals surface area contributed by atoms with Gasteiger partial charge in [-0.05, 0) is 31.2 Å². The summed E-state index contributed by atoms with van der Waals surface area (Å²) < 4.78 is 3.28. The van der Waals surface area contributed by atoms with Crippen LogP contribution in [0.5, 0.6) is 0 Å². The molecule has 3 nitrogen and oxygen atoms in total. The van der Waals surface area contributed by atoms with Gasteiger partial charge in [0.05, 0.1) is 6.33 Å². The maximum Gasteiger partial charge on any atom is 0.0994 e. The minimum absolute atomic E-state index is 0.580. The van der Waals surface area contributed by atoms with Crippen molar-refractivity contribution in [1.82, 2.24) is 14.9 Å². The van der Waals surface area contributed by atoms with Gasteiger partial charge in [-0.2, -0.15) is 0 Å². The van der Waals surface area contributed by atoms with Crippen LogP contribution in [0.1, 0.15) is 18.0 Å². The summed E-state index contributed by atoms with van der Waals surface area (Å²) in [6.07, 6.45) is 5.08. The first-order chi connectivity index (χ1) is 8.34. The second-order valence-electron chi connectivity index (χ2n) is 4.36. The molecule has 3 rings (SSSR count). The lowest BCUT2D eigenvalue weighted by Crippen LogP contribution is -2.10. The van der Waals surface area contributed by atoms with Crippen LogP contribution in [0.2, 0.25) is 0 Å². The lowest BCUT2D eigenvalue weighted by atomic mass is 10.1. The largest absolute Gasteiger partial charge is 0.316 e. The monoisotopic (exact) mass is 291 g/mol. The molecule has 1 aliphatic rings. The van der Waals surface area contributed by atoms with Crippen LogP contribution in [-0.2, 0) is 0 Å². The number of rotatable bonds is 2. The van der Waals surface area contributed by atoms with Crippen LogP contribution >= 0.6 is 15.9 Å². The Bertz CT molecular complexity index is 515. The topological polar surface area (TPSA) is 29.9 Å².